The Morgan fingerprint density at radius 3 is 2.59 bits per heavy atom. The van der Waals surface area contributed by atoms with Gasteiger partial charge in [-0.15, -0.1) is 0 Å². The number of alkyl halides is 3. The summed E-state index contributed by atoms with van der Waals surface area (Å²) in [6.07, 6.45) is -3.21. The Labute approximate surface area is 99.3 Å². The van der Waals surface area contributed by atoms with E-state index in [1.165, 1.54) is 12.3 Å². The van der Waals surface area contributed by atoms with Gasteiger partial charge in [0.05, 0.1) is 21.7 Å². The van der Waals surface area contributed by atoms with Crippen LogP contribution in [0.5, 0.6) is 0 Å². The summed E-state index contributed by atoms with van der Waals surface area (Å²) in [5.41, 5.74) is -0.440. The van der Waals surface area contributed by atoms with E-state index in [1.54, 1.807) is 6.07 Å². The Balaban J connectivity index is 2.76. The minimum atomic E-state index is -4.44. The zero-order valence-electron chi connectivity index (χ0n) is 8.22. The molecular weight excluding hydrogens is 253 g/mol. The molecule has 0 saturated heterocycles. The van der Waals surface area contributed by atoms with E-state index in [4.69, 9.17) is 16.9 Å². The molecule has 1 aromatic carbocycles. The van der Waals surface area contributed by atoms with E-state index >= 15 is 0 Å². The fourth-order valence-corrected chi connectivity index (χ4v) is 1.66. The fourth-order valence-electron chi connectivity index (χ4n) is 1.41. The van der Waals surface area contributed by atoms with Crippen molar-refractivity contribution in [3.05, 3.63) is 40.5 Å². The number of nitrogens with zero attached hydrogens (tertiary/aromatic N) is 2. The van der Waals surface area contributed by atoms with Crippen LogP contribution in [0, 0.1) is 11.3 Å². The Kier molecular flexibility index (Phi) is 2.68. The van der Waals surface area contributed by atoms with Gasteiger partial charge in [-0.1, -0.05) is 11.6 Å². The second kappa shape index (κ2) is 3.90. The summed E-state index contributed by atoms with van der Waals surface area (Å²) in [6.45, 7) is 0. The Morgan fingerprint density at radius 2 is 2.00 bits per heavy atom. The molecule has 2 aromatic rings. The van der Waals surface area contributed by atoms with Crippen LogP contribution in [0.25, 0.3) is 10.9 Å². The van der Waals surface area contributed by atoms with Crippen molar-refractivity contribution in [2.45, 2.75) is 6.18 Å². The van der Waals surface area contributed by atoms with Crippen molar-refractivity contribution >= 4 is 22.5 Å². The van der Waals surface area contributed by atoms with Crippen LogP contribution < -0.4 is 0 Å². The van der Waals surface area contributed by atoms with Crippen molar-refractivity contribution < 1.29 is 13.2 Å². The maximum absolute atomic E-state index is 12.5. The van der Waals surface area contributed by atoms with Crippen molar-refractivity contribution in [2.75, 3.05) is 0 Å². The Bertz CT molecular complexity index is 629. The molecule has 0 radical (unpaired) electrons. The summed E-state index contributed by atoms with van der Waals surface area (Å²) >= 11 is 5.83. The molecule has 1 heterocycles. The third-order valence-corrected chi connectivity index (χ3v) is 2.66. The Hall–Kier alpha value is -1.80. The summed E-state index contributed by atoms with van der Waals surface area (Å²) in [7, 11) is 0. The topological polar surface area (TPSA) is 36.7 Å². The highest BCUT2D eigenvalue weighted by Crippen LogP contribution is 2.33. The number of halogens is 4. The molecule has 0 saturated carbocycles. The van der Waals surface area contributed by atoms with Gasteiger partial charge in [-0.25, -0.2) is 0 Å². The van der Waals surface area contributed by atoms with Gasteiger partial charge in [-0.05, 0) is 18.2 Å². The third kappa shape index (κ3) is 2.04. The maximum Gasteiger partial charge on any atom is 0.416 e. The van der Waals surface area contributed by atoms with Gasteiger partial charge in [0.1, 0.15) is 6.07 Å². The van der Waals surface area contributed by atoms with Crippen molar-refractivity contribution in [2.24, 2.45) is 0 Å². The number of aromatic nitrogens is 1. The van der Waals surface area contributed by atoms with Crippen molar-refractivity contribution in [3.63, 3.8) is 0 Å². The van der Waals surface area contributed by atoms with Gasteiger partial charge in [0.2, 0.25) is 0 Å². The van der Waals surface area contributed by atoms with Gasteiger partial charge < -0.3 is 0 Å². The maximum atomic E-state index is 12.5. The number of hydrogen-bond donors (Lipinski definition) is 0. The molecule has 6 heteroatoms. The quantitative estimate of drug-likeness (QED) is 0.719. The van der Waals surface area contributed by atoms with E-state index < -0.39 is 11.7 Å². The number of hydrogen-bond acceptors (Lipinski definition) is 2. The van der Waals surface area contributed by atoms with Gasteiger partial charge in [0, 0.05) is 11.6 Å². The molecule has 0 N–H and O–H groups in total. The van der Waals surface area contributed by atoms with E-state index in [-0.39, 0.29) is 16.0 Å². The molecule has 2 rings (SSSR count). The molecule has 0 amide bonds. The zero-order chi connectivity index (χ0) is 12.6. The van der Waals surface area contributed by atoms with E-state index in [2.05, 4.69) is 4.98 Å². The predicted molar refractivity (Wildman–Crippen MR) is 56.5 cm³/mol. The molecule has 1 aromatic heterocycles. The van der Waals surface area contributed by atoms with Crippen molar-refractivity contribution in [1.29, 1.82) is 5.26 Å². The molecule has 0 bridgehead atoms. The lowest BCUT2D eigenvalue weighted by atomic mass is 10.1. The van der Waals surface area contributed by atoms with Crippen LogP contribution in [0.1, 0.15) is 11.1 Å². The molecule has 86 valence electrons. The highest BCUT2D eigenvalue weighted by atomic mass is 35.5. The normalized spacial score (nSPS) is 11.5. The molecule has 0 aliphatic rings. The van der Waals surface area contributed by atoms with Crippen LogP contribution in [0.15, 0.2) is 24.4 Å². The second-order valence-corrected chi connectivity index (χ2v) is 3.71. The molecule has 17 heavy (non-hydrogen) atoms. The van der Waals surface area contributed by atoms with Crippen LogP contribution in [0.4, 0.5) is 13.2 Å². The van der Waals surface area contributed by atoms with Gasteiger partial charge in [0.25, 0.3) is 0 Å². The van der Waals surface area contributed by atoms with Crippen LogP contribution in [-0.4, -0.2) is 4.98 Å². The number of fused-ring (bicyclic) bond motifs is 1. The predicted octanol–water partition coefficient (Wildman–Crippen LogP) is 3.78. The summed E-state index contributed by atoms with van der Waals surface area (Å²) in [6, 6.07) is 4.82. The van der Waals surface area contributed by atoms with Crippen LogP contribution in [0.2, 0.25) is 5.02 Å². The highest BCUT2D eigenvalue weighted by molar-refractivity contribution is 6.36. The molecule has 0 unspecified atom stereocenters. The smallest absolute Gasteiger partial charge is 0.255 e. The zero-order valence-corrected chi connectivity index (χ0v) is 8.97. The van der Waals surface area contributed by atoms with Crippen molar-refractivity contribution in [1.82, 2.24) is 4.98 Å². The van der Waals surface area contributed by atoms with Crippen LogP contribution in [0.3, 0.4) is 0 Å². The average Bonchev–Trinajstić information content (AvgIpc) is 2.28. The summed E-state index contributed by atoms with van der Waals surface area (Å²) in [4.78, 5) is 3.86. The second-order valence-electron chi connectivity index (χ2n) is 3.33. The van der Waals surface area contributed by atoms with Crippen LogP contribution in [-0.2, 0) is 6.18 Å². The first kappa shape index (κ1) is 11.7. The molecule has 2 nitrogen and oxygen atoms in total. The molecular formula is C11H4ClF3N2. The Morgan fingerprint density at radius 1 is 1.29 bits per heavy atom. The number of nitriles is 1. The fraction of sp³-hybridized carbons (Fsp3) is 0.0909. The summed E-state index contributed by atoms with van der Waals surface area (Å²) in [5, 5.41) is 8.83. The molecule has 0 fully saturated rings. The molecule has 0 aliphatic carbocycles. The minimum Gasteiger partial charge on any atom is -0.255 e. The van der Waals surface area contributed by atoms with Gasteiger partial charge in [-0.3, -0.25) is 4.98 Å². The number of benzene rings is 1. The molecule has 0 atom stereocenters. The van der Waals surface area contributed by atoms with E-state index in [9.17, 15) is 13.2 Å². The molecule has 0 aliphatic heterocycles. The van der Waals surface area contributed by atoms with Gasteiger partial charge in [-0.2, -0.15) is 18.4 Å². The third-order valence-electron chi connectivity index (χ3n) is 2.25. The SMILES string of the molecule is N#Cc1cnc2ccc(C(F)(F)F)cc2c1Cl. The minimum absolute atomic E-state index is 0.0106. The van der Waals surface area contributed by atoms with Crippen LogP contribution >= 0.6 is 11.6 Å². The monoisotopic (exact) mass is 256 g/mol. The largest absolute Gasteiger partial charge is 0.416 e. The van der Waals surface area contributed by atoms with Crippen molar-refractivity contribution in [3.8, 4) is 6.07 Å². The van der Waals surface area contributed by atoms with E-state index in [1.807, 2.05) is 0 Å². The first-order valence-corrected chi connectivity index (χ1v) is 4.87. The summed E-state index contributed by atoms with van der Waals surface area (Å²) < 4.78 is 37.5. The van der Waals surface area contributed by atoms with Gasteiger partial charge >= 0.3 is 6.18 Å². The standard InChI is InChI=1S/C11H4ClF3N2/c12-10-6(4-16)5-17-9-2-1-7(3-8(9)10)11(13,14)15/h1-3,5H. The van der Waals surface area contributed by atoms with E-state index in [0.717, 1.165) is 12.1 Å². The first-order chi connectivity index (χ1) is 7.93. The lowest BCUT2D eigenvalue weighted by Gasteiger charge is -2.08. The number of pyridine rings is 1. The highest BCUT2D eigenvalue weighted by Gasteiger charge is 2.30. The number of rotatable bonds is 0. The lowest BCUT2D eigenvalue weighted by molar-refractivity contribution is -0.137. The van der Waals surface area contributed by atoms with Gasteiger partial charge in [0.15, 0.2) is 0 Å². The first-order valence-electron chi connectivity index (χ1n) is 4.49. The molecule has 0 spiro atoms. The van der Waals surface area contributed by atoms with E-state index in [0.29, 0.717) is 5.52 Å². The average molecular weight is 257 g/mol. The lowest BCUT2D eigenvalue weighted by Crippen LogP contribution is -2.04. The summed E-state index contributed by atoms with van der Waals surface area (Å²) in [5.74, 6) is 0.